The first kappa shape index (κ1) is 25.9. The molecule has 0 saturated carbocycles. The van der Waals surface area contributed by atoms with Gasteiger partial charge < -0.3 is 20.7 Å². The summed E-state index contributed by atoms with van der Waals surface area (Å²) in [6.45, 7) is 16.8. The molecule has 2 rings (SSSR count). The number of hydrogen-bond acceptors (Lipinski definition) is 5. The zero-order valence-corrected chi connectivity index (χ0v) is 20.3. The van der Waals surface area contributed by atoms with Gasteiger partial charge in [-0.05, 0) is 37.1 Å². The number of nitrogens with zero attached hydrogens (tertiary/aromatic N) is 4. The summed E-state index contributed by atoms with van der Waals surface area (Å²) < 4.78 is 5.35. The Morgan fingerprint density at radius 2 is 1.97 bits per heavy atom. The van der Waals surface area contributed by atoms with Crippen molar-refractivity contribution in [2.45, 2.75) is 20.3 Å². The molecule has 0 atom stereocenters. The fourth-order valence-corrected chi connectivity index (χ4v) is 3.57. The summed E-state index contributed by atoms with van der Waals surface area (Å²) in [4.78, 5) is 13.8. The van der Waals surface area contributed by atoms with Crippen LogP contribution < -0.4 is 20.7 Å². The summed E-state index contributed by atoms with van der Waals surface area (Å²) in [5.74, 6) is 1.84. The van der Waals surface area contributed by atoms with E-state index in [1.807, 2.05) is 31.2 Å². The van der Waals surface area contributed by atoms with Gasteiger partial charge in [0.1, 0.15) is 11.6 Å². The van der Waals surface area contributed by atoms with Crippen LogP contribution in [0.4, 0.5) is 5.69 Å². The van der Waals surface area contributed by atoms with Gasteiger partial charge >= 0.3 is 0 Å². The fourth-order valence-electron chi connectivity index (χ4n) is 3.57. The van der Waals surface area contributed by atoms with Crippen molar-refractivity contribution in [1.82, 2.24) is 10.2 Å². The quantitative estimate of drug-likeness (QED) is 0.305. The Labute approximate surface area is 198 Å². The molecule has 1 saturated heterocycles. The Bertz CT molecular complexity index is 907. The van der Waals surface area contributed by atoms with Gasteiger partial charge in [0.25, 0.3) is 0 Å². The maximum Gasteiger partial charge on any atom is 0.221 e. The summed E-state index contributed by atoms with van der Waals surface area (Å²) in [5, 5.41) is 3.28. The zero-order chi connectivity index (χ0) is 24.1. The number of anilines is 1. The summed E-state index contributed by atoms with van der Waals surface area (Å²) in [7, 11) is 1.70. The fraction of sp³-hybridized carbons (Fsp3) is 0.385. The molecule has 0 aromatic heterocycles. The zero-order valence-electron chi connectivity index (χ0n) is 20.3. The monoisotopic (exact) mass is 450 g/mol. The molecule has 0 spiro atoms. The average molecular weight is 451 g/mol. The molecule has 1 heterocycles. The van der Waals surface area contributed by atoms with Crippen LogP contribution >= 0.6 is 0 Å². The lowest BCUT2D eigenvalue weighted by atomic mass is 10.2. The molecular weight excluding hydrogens is 412 g/mol. The summed E-state index contributed by atoms with van der Waals surface area (Å²) in [6, 6.07) is 8.21. The highest BCUT2D eigenvalue weighted by Crippen LogP contribution is 2.22. The van der Waals surface area contributed by atoms with Crippen LogP contribution in [0.1, 0.15) is 20.3 Å². The molecule has 1 aliphatic heterocycles. The van der Waals surface area contributed by atoms with E-state index in [0.717, 1.165) is 56.2 Å². The molecule has 0 aliphatic carbocycles. The smallest absolute Gasteiger partial charge is 0.221 e. The number of aliphatic imine (C=N–C) groups is 2. The van der Waals surface area contributed by atoms with Crippen LogP contribution in [-0.2, 0) is 0 Å². The molecule has 7 nitrogen and oxygen atoms in total. The third kappa shape index (κ3) is 8.98. The Morgan fingerprint density at radius 3 is 2.61 bits per heavy atom. The van der Waals surface area contributed by atoms with Crippen LogP contribution in [0.15, 0.2) is 83.1 Å². The van der Waals surface area contributed by atoms with Crippen molar-refractivity contribution in [2.24, 2.45) is 15.7 Å². The molecule has 1 aliphatic rings. The molecule has 178 valence electrons. The molecule has 33 heavy (non-hydrogen) atoms. The first-order valence-corrected chi connectivity index (χ1v) is 11.4. The van der Waals surface area contributed by atoms with Crippen molar-refractivity contribution in [3.05, 3.63) is 73.1 Å². The largest absolute Gasteiger partial charge is 0.497 e. The van der Waals surface area contributed by atoms with E-state index in [4.69, 9.17) is 10.5 Å². The van der Waals surface area contributed by atoms with Gasteiger partial charge in [-0.15, -0.1) is 0 Å². The molecule has 3 N–H and O–H groups in total. The lowest BCUT2D eigenvalue weighted by Gasteiger charge is -2.36. The SMILES string of the molecule is C=C/C=C(\C=C)CNC(=C\CC)/N=C(N)\N=C(/C)CN1CCN(c2cccc(OC)c2)CC1. The maximum atomic E-state index is 6.13. The van der Waals surface area contributed by atoms with E-state index in [0.29, 0.717) is 12.4 Å². The highest BCUT2D eigenvalue weighted by molar-refractivity contribution is 5.96. The number of hydrogen-bond donors (Lipinski definition) is 2. The van der Waals surface area contributed by atoms with Gasteiger partial charge in [0.05, 0.1) is 7.11 Å². The predicted octanol–water partition coefficient (Wildman–Crippen LogP) is 3.73. The third-order valence-corrected chi connectivity index (χ3v) is 5.25. The molecule has 1 fully saturated rings. The van der Waals surface area contributed by atoms with Crippen molar-refractivity contribution in [3.63, 3.8) is 0 Å². The topological polar surface area (TPSA) is 78.5 Å². The van der Waals surface area contributed by atoms with E-state index < -0.39 is 0 Å². The molecule has 1 aromatic carbocycles. The van der Waals surface area contributed by atoms with Crippen molar-refractivity contribution >= 4 is 17.4 Å². The molecule has 1 aromatic rings. The van der Waals surface area contributed by atoms with Crippen LogP contribution in [-0.4, -0.2) is 62.9 Å². The van der Waals surface area contributed by atoms with Crippen molar-refractivity contribution in [2.75, 3.05) is 51.3 Å². The number of nitrogens with one attached hydrogen (secondary N) is 1. The lowest BCUT2D eigenvalue weighted by molar-refractivity contribution is 0.291. The lowest BCUT2D eigenvalue weighted by Crippen LogP contribution is -2.47. The summed E-state index contributed by atoms with van der Waals surface area (Å²) in [6.07, 6.45) is 8.27. The van der Waals surface area contributed by atoms with E-state index in [1.54, 1.807) is 19.3 Å². The molecular formula is C26H38N6O. The standard InChI is InChI=1S/C26H38N6O/c1-6-10-22(8-3)19-28-25(11-7-2)30-26(27)29-21(4)20-31-14-16-32(17-15-31)23-12-9-13-24(18-23)33-5/h6,8-13,18,28H,1,3,7,14-17,19-20H2,2,4-5H3,(H2,27,30)/b22-10+,25-11+,29-21+. The van der Waals surface area contributed by atoms with Crippen LogP contribution in [0.2, 0.25) is 0 Å². The molecule has 0 radical (unpaired) electrons. The third-order valence-electron chi connectivity index (χ3n) is 5.25. The van der Waals surface area contributed by atoms with Gasteiger partial charge in [-0.1, -0.05) is 44.4 Å². The second-order valence-corrected chi connectivity index (χ2v) is 7.81. The van der Waals surface area contributed by atoms with Gasteiger partial charge in [0, 0.05) is 56.7 Å². The number of allylic oxidation sites excluding steroid dienone is 3. The van der Waals surface area contributed by atoms with E-state index >= 15 is 0 Å². The van der Waals surface area contributed by atoms with Crippen LogP contribution in [0.25, 0.3) is 0 Å². The van der Waals surface area contributed by atoms with Gasteiger partial charge in [0.15, 0.2) is 0 Å². The van der Waals surface area contributed by atoms with E-state index in [-0.39, 0.29) is 5.96 Å². The van der Waals surface area contributed by atoms with Crippen LogP contribution in [0, 0.1) is 0 Å². The molecule has 0 unspecified atom stereocenters. The van der Waals surface area contributed by atoms with Gasteiger partial charge in [-0.3, -0.25) is 4.90 Å². The van der Waals surface area contributed by atoms with Gasteiger partial charge in [-0.25, -0.2) is 4.99 Å². The second kappa shape index (κ2) is 14.0. The minimum Gasteiger partial charge on any atom is -0.497 e. The summed E-state index contributed by atoms with van der Waals surface area (Å²) in [5.41, 5.74) is 9.29. The van der Waals surface area contributed by atoms with Crippen LogP contribution in [0.3, 0.4) is 0 Å². The average Bonchev–Trinajstić information content (AvgIpc) is 2.82. The maximum absolute atomic E-state index is 6.13. The summed E-state index contributed by atoms with van der Waals surface area (Å²) >= 11 is 0. The number of guanidine groups is 1. The number of methoxy groups -OCH3 is 1. The number of piperazine rings is 1. The Kier molecular flexibility index (Phi) is 11.0. The van der Waals surface area contributed by atoms with Crippen molar-refractivity contribution in [3.8, 4) is 5.75 Å². The van der Waals surface area contributed by atoms with Crippen molar-refractivity contribution < 1.29 is 4.74 Å². The second-order valence-electron chi connectivity index (χ2n) is 7.81. The first-order chi connectivity index (χ1) is 16.0. The highest BCUT2D eigenvalue weighted by Gasteiger charge is 2.18. The number of ether oxygens (including phenoxy) is 1. The van der Waals surface area contributed by atoms with Gasteiger partial charge in [-0.2, -0.15) is 4.99 Å². The van der Waals surface area contributed by atoms with E-state index in [1.165, 1.54) is 5.69 Å². The van der Waals surface area contributed by atoms with Crippen molar-refractivity contribution in [1.29, 1.82) is 0 Å². The first-order valence-electron chi connectivity index (χ1n) is 11.4. The number of rotatable bonds is 11. The van der Waals surface area contributed by atoms with E-state index in [9.17, 15) is 0 Å². The highest BCUT2D eigenvalue weighted by atomic mass is 16.5. The number of benzene rings is 1. The van der Waals surface area contributed by atoms with E-state index in [2.05, 4.69) is 57.3 Å². The Balaban J connectivity index is 1.91. The normalized spacial score (nSPS) is 16.5. The number of nitrogens with two attached hydrogens (primary N) is 1. The molecule has 0 bridgehead atoms. The Hall–Kier alpha value is -3.32. The van der Waals surface area contributed by atoms with Gasteiger partial charge in [0.2, 0.25) is 5.96 Å². The Morgan fingerprint density at radius 1 is 1.21 bits per heavy atom. The predicted molar refractivity (Wildman–Crippen MR) is 141 cm³/mol. The van der Waals surface area contributed by atoms with Crippen LogP contribution in [0.5, 0.6) is 5.75 Å². The minimum atomic E-state index is 0.252. The minimum absolute atomic E-state index is 0.252. The molecule has 7 heteroatoms. The molecule has 0 amide bonds.